The van der Waals surface area contributed by atoms with E-state index in [0.29, 0.717) is 21.9 Å². The van der Waals surface area contributed by atoms with Gasteiger partial charge in [-0.15, -0.1) is 0 Å². The molecule has 0 spiro atoms. The number of carbonyl (C=O) groups is 1. The fourth-order valence-corrected chi connectivity index (χ4v) is 3.46. The van der Waals surface area contributed by atoms with E-state index in [4.69, 9.17) is 9.47 Å². The summed E-state index contributed by atoms with van der Waals surface area (Å²) in [7, 11) is 0. The number of thiazole rings is 1. The van der Waals surface area contributed by atoms with Crippen molar-refractivity contribution in [1.82, 2.24) is 10.3 Å². The third-order valence-electron chi connectivity index (χ3n) is 4.22. The molecule has 0 aliphatic rings. The summed E-state index contributed by atoms with van der Waals surface area (Å²) in [4.78, 5) is 15.5. The van der Waals surface area contributed by atoms with Gasteiger partial charge in [0.15, 0.2) is 0 Å². The Morgan fingerprint density at radius 3 is 2.43 bits per heavy atom. The molecule has 0 radical (unpaired) electrons. The minimum atomic E-state index is -0.0518. The van der Waals surface area contributed by atoms with Crippen LogP contribution in [0.1, 0.15) is 50.8 Å². The van der Waals surface area contributed by atoms with Gasteiger partial charge in [0.1, 0.15) is 11.5 Å². The number of carbonyl (C=O) groups excluding carboxylic acids is 1. The molecule has 1 amide bonds. The van der Waals surface area contributed by atoms with E-state index in [0.717, 1.165) is 16.9 Å². The van der Waals surface area contributed by atoms with E-state index in [-0.39, 0.29) is 11.9 Å². The maximum atomic E-state index is 11.2. The van der Waals surface area contributed by atoms with Crippen molar-refractivity contribution in [2.24, 2.45) is 0 Å². The highest BCUT2D eigenvalue weighted by Gasteiger charge is 2.12. The van der Waals surface area contributed by atoms with Crippen LogP contribution in [-0.4, -0.2) is 10.9 Å². The molecule has 146 valence electrons. The number of hydrogen-bond acceptors (Lipinski definition) is 5. The van der Waals surface area contributed by atoms with E-state index >= 15 is 0 Å². The van der Waals surface area contributed by atoms with E-state index in [2.05, 4.69) is 30.2 Å². The highest BCUT2D eigenvalue weighted by molar-refractivity contribution is 7.15. The SMILES string of the molecule is CC(=O)NC(C)c1ccc(Oc2cnc(Oc3ccccc3C(C)C)s2)cc1. The summed E-state index contributed by atoms with van der Waals surface area (Å²) in [5.74, 6) is 1.83. The van der Waals surface area contributed by atoms with Crippen LogP contribution in [0.5, 0.6) is 21.8 Å². The van der Waals surface area contributed by atoms with Gasteiger partial charge in [-0.05, 0) is 53.5 Å². The minimum absolute atomic E-state index is 0.0454. The van der Waals surface area contributed by atoms with Gasteiger partial charge in [0.05, 0.1) is 12.2 Å². The molecule has 0 saturated carbocycles. The van der Waals surface area contributed by atoms with Gasteiger partial charge >= 0.3 is 0 Å². The topological polar surface area (TPSA) is 60.5 Å². The molecule has 0 fully saturated rings. The van der Waals surface area contributed by atoms with Crippen molar-refractivity contribution < 1.29 is 14.3 Å². The van der Waals surface area contributed by atoms with Crippen molar-refractivity contribution in [3.8, 4) is 21.8 Å². The Morgan fingerprint density at radius 1 is 1.04 bits per heavy atom. The molecule has 1 atom stereocenters. The zero-order valence-corrected chi connectivity index (χ0v) is 17.2. The van der Waals surface area contributed by atoms with E-state index in [1.165, 1.54) is 18.3 Å². The number of amides is 1. The fraction of sp³-hybridized carbons (Fsp3) is 0.273. The quantitative estimate of drug-likeness (QED) is 0.528. The van der Waals surface area contributed by atoms with Gasteiger partial charge in [0.2, 0.25) is 11.0 Å². The van der Waals surface area contributed by atoms with Gasteiger partial charge in [-0.25, -0.2) is 4.98 Å². The molecule has 1 N–H and O–H groups in total. The van der Waals surface area contributed by atoms with E-state index in [1.807, 2.05) is 49.4 Å². The first-order chi connectivity index (χ1) is 13.4. The summed E-state index contributed by atoms with van der Waals surface area (Å²) in [5, 5.41) is 4.06. The molecule has 5 nitrogen and oxygen atoms in total. The van der Waals surface area contributed by atoms with Crippen LogP contribution in [0.15, 0.2) is 54.7 Å². The van der Waals surface area contributed by atoms with Gasteiger partial charge in [-0.1, -0.05) is 44.2 Å². The van der Waals surface area contributed by atoms with Crippen molar-refractivity contribution in [2.45, 2.75) is 39.7 Å². The van der Waals surface area contributed by atoms with Gasteiger partial charge in [-0.3, -0.25) is 4.79 Å². The number of hydrogen-bond donors (Lipinski definition) is 1. The molecule has 0 aliphatic heterocycles. The zero-order chi connectivity index (χ0) is 20.1. The molecule has 1 unspecified atom stereocenters. The summed E-state index contributed by atoms with van der Waals surface area (Å²) in [6, 6.07) is 15.6. The number of rotatable bonds is 7. The molecule has 28 heavy (non-hydrogen) atoms. The molecular formula is C22H24N2O3S. The molecule has 2 aromatic carbocycles. The van der Waals surface area contributed by atoms with Gasteiger partial charge < -0.3 is 14.8 Å². The summed E-state index contributed by atoms with van der Waals surface area (Å²) >= 11 is 1.35. The lowest BCUT2D eigenvalue weighted by Crippen LogP contribution is -2.23. The van der Waals surface area contributed by atoms with Crippen molar-refractivity contribution >= 4 is 17.2 Å². The van der Waals surface area contributed by atoms with Crippen LogP contribution in [0.2, 0.25) is 0 Å². The number of nitrogens with one attached hydrogen (secondary N) is 1. The Kier molecular flexibility index (Phi) is 6.31. The molecular weight excluding hydrogens is 372 g/mol. The largest absolute Gasteiger partial charge is 0.445 e. The van der Waals surface area contributed by atoms with Crippen LogP contribution >= 0.6 is 11.3 Å². The third kappa shape index (κ3) is 5.10. The summed E-state index contributed by atoms with van der Waals surface area (Å²) in [6.45, 7) is 7.72. The van der Waals surface area contributed by atoms with Gasteiger partial charge in [0.25, 0.3) is 5.19 Å². The van der Waals surface area contributed by atoms with Crippen LogP contribution in [0, 0.1) is 0 Å². The average molecular weight is 397 g/mol. The molecule has 0 bridgehead atoms. The second-order valence-corrected chi connectivity index (χ2v) is 7.79. The lowest BCUT2D eigenvalue weighted by molar-refractivity contribution is -0.119. The lowest BCUT2D eigenvalue weighted by Gasteiger charge is -2.13. The molecule has 1 aromatic heterocycles. The Labute approximate surface area is 169 Å². The number of para-hydroxylation sites is 1. The second kappa shape index (κ2) is 8.89. The summed E-state index contributed by atoms with van der Waals surface area (Å²) in [6.07, 6.45) is 1.66. The number of benzene rings is 2. The van der Waals surface area contributed by atoms with E-state index < -0.39 is 0 Å². The standard InChI is InChI=1S/C22H24N2O3S/c1-14(2)19-7-5-6-8-20(19)27-22-23-13-21(28-22)26-18-11-9-17(10-12-18)15(3)24-16(4)25/h5-15H,1-4H3,(H,24,25). The van der Waals surface area contributed by atoms with Crippen molar-refractivity contribution in [3.63, 3.8) is 0 Å². The predicted molar refractivity (Wildman–Crippen MR) is 111 cm³/mol. The smallest absolute Gasteiger partial charge is 0.282 e. The molecule has 0 saturated heterocycles. The molecule has 0 aliphatic carbocycles. The van der Waals surface area contributed by atoms with Crippen LogP contribution in [0.3, 0.4) is 0 Å². The van der Waals surface area contributed by atoms with Gasteiger partial charge in [0, 0.05) is 6.92 Å². The highest BCUT2D eigenvalue weighted by Crippen LogP contribution is 2.36. The Morgan fingerprint density at radius 2 is 1.75 bits per heavy atom. The fourth-order valence-electron chi connectivity index (χ4n) is 2.81. The Bertz CT molecular complexity index is 935. The number of ether oxygens (including phenoxy) is 2. The van der Waals surface area contributed by atoms with Crippen molar-refractivity contribution in [1.29, 1.82) is 0 Å². The van der Waals surface area contributed by atoms with Crippen molar-refractivity contribution in [2.75, 3.05) is 0 Å². The van der Waals surface area contributed by atoms with E-state index in [1.54, 1.807) is 6.20 Å². The minimum Gasteiger partial charge on any atom is -0.445 e. The zero-order valence-electron chi connectivity index (χ0n) is 16.4. The highest BCUT2D eigenvalue weighted by atomic mass is 32.1. The third-order valence-corrected chi connectivity index (χ3v) is 4.97. The first-order valence-corrected chi connectivity index (χ1v) is 10.0. The molecule has 6 heteroatoms. The first kappa shape index (κ1) is 19.9. The normalized spacial score (nSPS) is 11.9. The maximum Gasteiger partial charge on any atom is 0.282 e. The average Bonchev–Trinajstić information content (AvgIpc) is 3.09. The van der Waals surface area contributed by atoms with Crippen molar-refractivity contribution in [3.05, 3.63) is 65.9 Å². The molecule has 1 heterocycles. The van der Waals surface area contributed by atoms with Crippen LogP contribution in [0.4, 0.5) is 0 Å². The van der Waals surface area contributed by atoms with Crippen LogP contribution in [-0.2, 0) is 4.79 Å². The summed E-state index contributed by atoms with van der Waals surface area (Å²) in [5.41, 5.74) is 2.16. The second-order valence-electron chi connectivity index (χ2n) is 6.83. The molecule has 3 rings (SSSR count). The monoisotopic (exact) mass is 396 g/mol. The van der Waals surface area contributed by atoms with Crippen LogP contribution < -0.4 is 14.8 Å². The van der Waals surface area contributed by atoms with Gasteiger partial charge in [-0.2, -0.15) is 0 Å². The first-order valence-electron chi connectivity index (χ1n) is 9.20. The number of aromatic nitrogens is 1. The maximum absolute atomic E-state index is 11.2. The lowest BCUT2D eigenvalue weighted by atomic mass is 10.0. The molecule has 3 aromatic rings. The van der Waals surface area contributed by atoms with Crippen LogP contribution in [0.25, 0.3) is 0 Å². The predicted octanol–water partition coefficient (Wildman–Crippen LogP) is 6.05. The summed E-state index contributed by atoms with van der Waals surface area (Å²) < 4.78 is 11.8. The Hall–Kier alpha value is -2.86. The Balaban J connectivity index is 1.66. The number of nitrogens with zero attached hydrogens (tertiary/aromatic N) is 1. The van der Waals surface area contributed by atoms with E-state index in [9.17, 15) is 4.79 Å².